The molecule has 5 nitrogen and oxygen atoms in total. The van der Waals surface area contributed by atoms with Crippen LogP contribution in [-0.2, 0) is 12.1 Å². The molecule has 2 N–H and O–H groups in total. The molecular formula is C18H23FN4O. The summed E-state index contributed by atoms with van der Waals surface area (Å²) in [6.45, 7) is 4.14. The predicted octanol–water partition coefficient (Wildman–Crippen LogP) is 3.02. The minimum atomic E-state index is -0.606. The molecule has 6 heteroatoms. The highest BCUT2D eigenvalue weighted by Gasteiger charge is 2.22. The highest BCUT2D eigenvalue weighted by molar-refractivity contribution is 5.75. The molecule has 2 aromatic rings. The number of pyridine rings is 1. The van der Waals surface area contributed by atoms with Crippen LogP contribution in [-0.4, -0.2) is 25.1 Å². The fraction of sp³-hybridized carbons (Fsp3) is 0.333. The Hall–Kier alpha value is -2.63. The summed E-state index contributed by atoms with van der Waals surface area (Å²) in [5.41, 5.74) is 1.19. The van der Waals surface area contributed by atoms with Gasteiger partial charge in [-0.05, 0) is 49.2 Å². The SMILES string of the molecule is CN(C)c1cc(CNC(=O)NC(C)(C)c2ccc(F)cc2)ccn1. The van der Waals surface area contributed by atoms with E-state index in [9.17, 15) is 9.18 Å². The number of halogens is 1. The number of benzene rings is 1. The molecule has 1 aromatic carbocycles. The van der Waals surface area contributed by atoms with Gasteiger partial charge in [-0.2, -0.15) is 0 Å². The van der Waals surface area contributed by atoms with Crippen LogP contribution in [0.2, 0.25) is 0 Å². The average molecular weight is 330 g/mol. The third-order valence-electron chi connectivity index (χ3n) is 3.71. The van der Waals surface area contributed by atoms with E-state index in [4.69, 9.17) is 0 Å². The smallest absolute Gasteiger partial charge is 0.315 e. The molecule has 2 amide bonds. The number of nitrogens with one attached hydrogen (secondary N) is 2. The molecule has 24 heavy (non-hydrogen) atoms. The molecule has 1 aromatic heterocycles. The van der Waals surface area contributed by atoms with E-state index in [1.54, 1.807) is 18.3 Å². The number of carbonyl (C=O) groups excluding carboxylic acids is 1. The second-order valence-electron chi connectivity index (χ2n) is 6.36. The highest BCUT2D eigenvalue weighted by atomic mass is 19.1. The summed E-state index contributed by atoms with van der Waals surface area (Å²) in [5.74, 6) is 0.537. The average Bonchev–Trinajstić information content (AvgIpc) is 2.53. The van der Waals surface area contributed by atoms with Crippen LogP contribution in [0.1, 0.15) is 25.0 Å². The third kappa shape index (κ3) is 4.68. The van der Waals surface area contributed by atoms with Gasteiger partial charge in [-0.3, -0.25) is 0 Å². The lowest BCUT2D eigenvalue weighted by Gasteiger charge is -2.27. The van der Waals surface area contributed by atoms with Crippen molar-refractivity contribution >= 4 is 11.8 Å². The molecule has 0 unspecified atom stereocenters. The number of carbonyl (C=O) groups is 1. The van der Waals surface area contributed by atoms with E-state index in [1.807, 2.05) is 45.0 Å². The predicted molar refractivity (Wildman–Crippen MR) is 93.4 cm³/mol. The van der Waals surface area contributed by atoms with Gasteiger partial charge in [0.05, 0.1) is 5.54 Å². The van der Waals surface area contributed by atoms with Crippen molar-refractivity contribution in [1.29, 1.82) is 0 Å². The summed E-state index contributed by atoms with van der Waals surface area (Å²) < 4.78 is 13.0. The Labute approximate surface area is 141 Å². The van der Waals surface area contributed by atoms with Crippen LogP contribution in [0.25, 0.3) is 0 Å². The van der Waals surface area contributed by atoms with E-state index in [0.717, 1.165) is 16.9 Å². The van der Waals surface area contributed by atoms with Crippen molar-refractivity contribution in [3.8, 4) is 0 Å². The Bertz CT molecular complexity index is 698. The molecule has 1 heterocycles. The quantitative estimate of drug-likeness (QED) is 0.886. The molecule has 0 radical (unpaired) electrons. The summed E-state index contributed by atoms with van der Waals surface area (Å²) in [6.07, 6.45) is 1.71. The number of hydrogen-bond acceptors (Lipinski definition) is 3. The number of hydrogen-bond donors (Lipinski definition) is 2. The van der Waals surface area contributed by atoms with Gasteiger partial charge in [0.2, 0.25) is 0 Å². The zero-order valence-corrected chi connectivity index (χ0v) is 14.4. The first-order valence-corrected chi connectivity index (χ1v) is 7.72. The number of aromatic nitrogens is 1. The zero-order valence-electron chi connectivity index (χ0n) is 14.4. The molecule has 0 atom stereocenters. The maximum Gasteiger partial charge on any atom is 0.315 e. The minimum Gasteiger partial charge on any atom is -0.363 e. The number of anilines is 1. The molecule has 0 aliphatic carbocycles. The van der Waals surface area contributed by atoms with Crippen molar-refractivity contribution < 1.29 is 9.18 Å². The summed E-state index contributed by atoms with van der Waals surface area (Å²) in [6, 6.07) is 9.60. The molecule has 0 saturated carbocycles. The van der Waals surface area contributed by atoms with Crippen LogP contribution in [0.5, 0.6) is 0 Å². The van der Waals surface area contributed by atoms with E-state index < -0.39 is 5.54 Å². The second-order valence-corrected chi connectivity index (χ2v) is 6.36. The lowest BCUT2D eigenvalue weighted by Crippen LogP contribution is -2.46. The maximum absolute atomic E-state index is 13.0. The summed E-state index contributed by atoms with van der Waals surface area (Å²) in [5, 5.41) is 5.73. The van der Waals surface area contributed by atoms with Gasteiger partial charge in [0.15, 0.2) is 0 Å². The maximum atomic E-state index is 13.0. The lowest BCUT2D eigenvalue weighted by molar-refractivity contribution is 0.229. The van der Waals surface area contributed by atoms with Crippen LogP contribution in [0, 0.1) is 5.82 Å². The standard InChI is InChI=1S/C18H23FN4O/c1-18(2,14-5-7-15(19)8-6-14)22-17(24)21-12-13-9-10-20-16(11-13)23(3)4/h5-11H,12H2,1-4H3,(H2,21,22,24). The Morgan fingerprint density at radius 1 is 1.21 bits per heavy atom. The van der Waals surface area contributed by atoms with Crippen molar-refractivity contribution in [2.24, 2.45) is 0 Å². The monoisotopic (exact) mass is 330 g/mol. The van der Waals surface area contributed by atoms with E-state index in [1.165, 1.54) is 12.1 Å². The summed E-state index contributed by atoms with van der Waals surface area (Å²) in [7, 11) is 3.83. The molecule has 0 aliphatic rings. The van der Waals surface area contributed by atoms with Gasteiger partial charge in [-0.15, -0.1) is 0 Å². The molecule has 2 rings (SSSR count). The van der Waals surface area contributed by atoms with E-state index >= 15 is 0 Å². The van der Waals surface area contributed by atoms with Crippen molar-refractivity contribution in [2.75, 3.05) is 19.0 Å². The fourth-order valence-electron chi connectivity index (χ4n) is 2.26. The Balaban J connectivity index is 1.95. The van der Waals surface area contributed by atoms with E-state index in [0.29, 0.717) is 6.54 Å². The Kier molecular flexibility index (Phi) is 5.39. The van der Waals surface area contributed by atoms with Gasteiger partial charge >= 0.3 is 6.03 Å². The highest BCUT2D eigenvalue weighted by Crippen LogP contribution is 2.20. The first kappa shape index (κ1) is 17.7. The molecule has 128 valence electrons. The van der Waals surface area contributed by atoms with Crippen LogP contribution < -0.4 is 15.5 Å². The van der Waals surface area contributed by atoms with Gasteiger partial charge < -0.3 is 15.5 Å². The van der Waals surface area contributed by atoms with Gasteiger partial charge in [0.1, 0.15) is 11.6 Å². The Morgan fingerprint density at radius 3 is 2.50 bits per heavy atom. The number of amides is 2. The molecular weight excluding hydrogens is 307 g/mol. The lowest BCUT2D eigenvalue weighted by atomic mass is 9.94. The first-order valence-electron chi connectivity index (χ1n) is 7.72. The minimum absolute atomic E-state index is 0.285. The molecule has 0 spiro atoms. The molecule has 0 aliphatic heterocycles. The van der Waals surface area contributed by atoms with Gasteiger partial charge in [-0.25, -0.2) is 14.2 Å². The van der Waals surface area contributed by atoms with Gasteiger partial charge in [0.25, 0.3) is 0 Å². The second kappa shape index (κ2) is 7.29. The van der Waals surface area contributed by atoms with Crippen molar-refractivity contribution in [3.63, 3.8) is 0 Å². The topological polar surface area (TPSA) is 57.3 Å². The van der Waals surface area contributed by atoms with Crippen LogP contribution in [0.4, 0.5) is 15.0 Å². The molecule has 0 fully saturated rings. The number of rotatable bonds is 5. The Morgan fingerprint density at radius 2 is 1.88 bits per heavy atom. The largest absolute Gasteiger partial charge is 0.363 e. The van der Waals surface area contributed by atoms with Gasteiger partial charge in [-0.1, -0.05) is 12.1 Å². The molecule has 0 saturated heterocycles. The number of nitrogens with zero attached hydrogens (tertiary/aromatic N) is 2. The zero-order chi connectivity index (χ0) is 17.7. The van der Waals surface area contributed by atoms with Gasteiger partial charge in [0, 0.05) is 26.8 Å². The van der Waals surface area contributed by atoms with E-state index in [2.05, 4.69) is 15.6 Å². The molecule has 0 bridgehead atoms. The van der Waals surface area contributed by atoms with Crippen LogP contribution in [0.3, 0.4) is 0 Å². The third-order valence-corrected chi connectivity index (χ3v) is 3.71. The first-order chi connectivity index (χ1) is 11.3. The van der Waals surface area contributed by atoms with E-state index in [-0.39, 0.29) is 11.8 Å². The van der Waals surface area contributed by atoms with Crippen molar-refractivity contribution in [2.45, 2.75) is 25.9 Å². The number of urea groups is 1. The van der Waals surface area contributed by atoms with Crippen molar-refractivity contribution in [1.82, 2.24) is 15.6 Å². The fourth-order valence-corrected chi connectivity index (χ4v) is 2.26. The normalized spacial score (nSPS) is 11.0. The van der Waals surface area contributed by atoms with Crippen LogP contribution >= 0.6 is 0 Å². The summed E-state index contributed by atoms with van der Waals surface area (Å²) in [4.78, 5) is 18.3. The van der Waals surface area contributed by atoms with Crippen molar-refractivity contribution in [3.05, 3.63) is 59.5 Å². The summed E-state index contributed by atoms with van der Waals surface area (Å²) >= 11 is 0. The van der Waals surface area contributed by atoms with Crippen LogP contribution in [0.15, 0.2) is 42.6 Å².